The molecule has 3 heterocycles. The van der Waals surface area contributed by atoms with Gasteiger partial charge in [-0.2, -0.15) is 0 Å². The Morgan fingerprint density at radius 2 is 2.00 bits per heavy atom. The SMILES string of the molecule is NC1(Cc2ccccc2)N=CN=C2C1=NCN2[C@@H]1O[C@H](CO)[C@@H](O)[C@H]1O. The van der Waals surface area contributed by atoms with Crippen molar-refractivity contribution in [1.82, 2.24) is 4.90 Å². The minimum Gasteiger partial charge on any atom is -0.394 e. The first-order chi connectivity index (χ1) is 12.5. The highest BCUT2D eigenvalue weighted by atomic mass is 16.6. The van der Waals surface area contributed by atoms with Crippen molar-refractivity contribution in [2.24, 2.45) is 20.7 Å². The van der Waals surface area contributed by atoms with Crippen LogP contribution in [0.4, 0.5) is 0 Å². The highest BCUT2D eigenvalue weighted by molar-refractivity contribution is 6.47. The topological polar surface area (TPSA) is 136 Å². The molecule has 4 rings (SSSR count). The zero-order chi connectivity index (χ0) is 18.3. The number of hydrogen-bond donors (Lipinski definition) is 4. The summed E-state index contributed by atoms with van der Waals surface area (Å²) in [6, 6.07) is 9.73. The lowest BCUT2D eigenvalue weighted by atomic mass is 9.94. The summed E-state index contributed by atoms with van der Waals surface area (Å²) < 4.78 is 5.59. The van der Waals surface area contributed by atoms with Gasteiger partial charge in [0.2, 0.25) is 0 Å². The van der Waals surface area contributed by atoms with E-state index in [4.69, 9.17) is 10.5 Å². The Kier molecular flexibility index (Phi) is 4.33. The number of fused-ring (bicyclic) bond motifs is 1. The molecule has 0 radical (unpaired) electrons. The third-order valence-electron chi connectivity index (χ3n) is 4.88. The summed E-state index contributed by atoms with van der Waals surface area (Å²) in [4.78, 5) is 14.7. The van der Waals surface area contributed by atoms with Crippen LogP contribution in [0.2, 0.25) is 0 Å². The molecule has 0 bridgehead atoms. The molecule has 26 heavy (non-hydrogen) atoms. The second-order valence-corrected chi connectivity index (χ2v) is 6.63. The van der Waals surface area contributed by atoms with Crippen molar-refractivity contribution in [2.45, 2.75) is 36.6 Å². The van der Waals surface area contributed by atoms with Crippen LogP contribution in [-0.2, 0) is 11.2 Å². The molecular weight excluding hydrogens is 338 g/mol. The van der Waals surface area contributed by atoms with E-state index in [1.807, 2.05) is 30.3 Å². The van der Waals surface area contributed by atoms with Gasteiger partial charge in [0.05, 0.1) is 6.61 Å². The van der Waals surface area contributed by atoms with Crippen molar-refractivity contribution in [3.63, 3.8) is 0 Å². The van der Waals surface area contributed by atoms with Gasteiger partial charge in [0, 0.05) is 6.42 Å². The van der Waals surface area contributed by atoms with Gasteiger partial charge in [-0.05, 0) is 5.56 Å². The number of benzene rings is 1. The van der Waals surface area contributed by atoms with Gasteiger partial charge in [-0.3, -0.25) is 4.99 Å². The third-order valence-corrected chi connectivity index (χ3v) is 4.88. The predicted octanol–water partition coefficient (Wildman–Crippen LogP) is -1.52. The van der Waals surface area contributed by atoms with Gasteiger partial charge in [0.25, 0.3) is 0 Å². The van der Waals surface area contributed by atoms with Crippen molar-refractivity contribution in [1.29, 1.82) is 0 Å². The fraction of sp³-hybridized carbons (Fsp3) is 0.471. The normalized spacial score (nSPS) is 36.1. The molecule has 0 saturated carbocycles. The Balaban J connectivity index is 1.57. The van der Waals surface area contributed by atoms with Crippen molar-refractivity contribution >= 4 is 17.9 Å². The van der Waals surface area contributed by atoms with Gasteiger partial charge < -0.3 is 30.7 Å². The summed E-state index contributed by atoms with van der Waals surface area (Å²) in [5, 5.41) is 29.5. The second-order valence-electron chi connectivity index (χ2n) is 6.63. The molecule has 1 saturated heterocycles. The summed E-state index contributed by atoms with van der Waals surface area (Å²) in [5.74, 6) is 0.466. The van der Waals surface area contributed by atoms with E-state index in [-0.39, 0.29) is 13.3 Å². The van der Waals surface area contributed by atoms with Crippen LogP contribution in [-0.4, -0.2) is 81.6 Å². The minimum absolute atomic E-state index is 0.178. The van der Waals surface area contributed by atoms with Crippen molar-refractivity contribution < 1.29 is 20.1 Å². The summed E-state index contributed by atoms with van der Waals surface area (Å²) in [6.45, 7) is -0.211. The van der Waals surface area contributed by atoms with E-state index in [2.05, 4.69) is 15.0 Å². The zero-order valence-electron chi connectivity index (χ0n) is 14.0. The molecule has 9 heteroatoms. The maximum Gasteiger partial charge on any atom is 0.162 e. The Morgan fingerprint density at radius 3 is 2.69 bits per heavy atom. The molecule has 1 aromatic rings. The number of nitrogens with zero attached hydrogens (tertiary/aromatic N) is 4. The number of rotatable bonds is 4. The van der Waals surface area contributed by atoms with E-state index >= 15 is 0 Å². The average Bonchev–Trinajstić information content (AvgIpc) is 3.19. The first kappa shape index (κ1) is 17.3. The predicted molar refractivity (Wildman–Crippen MR) is 94.9 cm³/mol. The Hall–Kier alpha value is -2.17. The number of ether oxygens (including phenoxy) is 1. The molecule has 138 valence electrons. The van der Waals surface area contributed by atoms with Crippen molar-refractivity contribution in [2.75, 3.05) is 13.3 Å². The smallest absolute Gasteiger partial charge is 0.162 e. The molecule has 0 spiro atoms. The lowest BCUT2D eigenvalue weighted by Crippen LogP contribution is -2.56. The standard InChI is InChI=1S/C17H21N5O4/c18-17(6-10-4-2-1-3-5-10)14-15(19-8-21-17)22(9-20-14)16-13(25)12(24)11(7-23)26-16/h1-5,8,11-13,16,23-25H,6-7,9,18H2/t11-,12-,13-,16-,17?/m1/s1. The van der Waals surface area contributed by atoms with Gasteiger partial charge in [0.15, 0.2) is 17.7 Å². The molecular formula is C17H21N5O4. The molecule has 0 amide bonds. The van der Waals surface area contributed by atoms with Crippen LogP contribution >= 0.6 is 0 Å². The molecule has 5 atom stereocenters. The molecule has 9 nitrogen and oxygen atoms in total. The largest absolute Gasteiger partial charge is 0.394 e. The van der Waals surface area contributed by atoms with Gasteiger partial charge >= 0.3 is 0 Å². The van der Waals surface area contributed by atoms with E-state index in [0.29, 0.717) is 18.0 Å². The Labute approximate surface area is 150 Å². The van der Waals surface area contributed by atoms with E-state index < -0.39 is 30.2 Å². The molecule has 5 N–H and O–H groups in total. The van der Waals surface area contributed by atoms with E-state index in [1.54, 1.807) is 4.90 Å². The lowest BCUT2D eigenvalue weighted by Gasteiger charge is -2.32. The quantitative estimate of drug-likeness (QED) is 0.515. The molecule has 1 unspecified atom stereocenters. The van der Waals surface area contributed by atoms with E-state index in [0.717, 1.165) is 5.56 Å². The molecule has 0 aliphatic carbocycles. The molecule has 0 aromatic heterocycles. The fourth-order valence-corrected chi connectivity index (χ4v) is 3.51. The third kappa shape index (κ3) is 2.74. The second kappa shape index (κ2) is 6.53. The highest BCUT2D eigenvalue weighted by Gasteiger charge is 2.50. The van der Waals surface area contributed by atoms with Crippen LogP contribution in [0.1, 0.15) is 5.56 Å². The molecule has 3 aliphatic heterocycles. The number of nitrogens with two attached hydrogens (primary N) is 1. The summed E-state index contributed by atoms with van der Waals surface area (Å²) >= 11 is 0. The number of hydrogen-bond acceptors (Lipinski definition) is 9. The number of aliphatic imine (C=N–C) groups is 3. The van der Waals surface area contributed by atoms with Crippen LogP contribution in [0.15, 0.2) is 45.3 Å². The maximum atomic E-state index is 10.3. The van der Waals surface area contributed by atoms with Crippen LogP contribution < -0.4 is 5.73 Å². The van der Waals surface area contributed by atoms with Crippen LogP contribution in [0, 0.1) is 0 Å². The van der Waals surface area contributed by atoms with Gasteiger partial charge in [-0.1, -0.05) is 30.3 Å². The van der Waals surface area contributed by atoms with Gasteiger partial charge in [-0.25, -0.2) is 9.98 Å². The van der Waals surface area contributed by atoms with E-state index in [9.17, 15) is 15.3 Å². The highest BCUT2D eigenvalue weighted by Crippen LogP contribution is 2.29. The average molecular weight is 359 g/mol. The summed E-state index contributed by atoms with van der Waals surface area (Å²) in [6.07, 6.45) is -2.26. The number of amidine groups is 1. The van der Waals surface area contributed by atoms with Gasteiger partial charge in [0.1, 0.15) is 37.0 Å². The molecule has 1 fully saturated rings. The lowest BCUT2D eigenvalue weighted by molar-refractivity contribution is -0.0688. The summed E-state index contributed by atoms with van der Waals surface area (Å²) in [5.41, 5.74) is 6.99. The summed E-state index contributed by atoms with van der Waals surface area (Å²) in [7, 11) is 0. The Morgan fingerprint density at radius 1 is 1.23 bits per heavy atom. The zero-order valence-corrected chi connectivity index (χ0v) is 14.0. The van der Waals surface area contributed by atoms with Gasteiger partial charge in [-0.15, -0.1) is 0 Å². The fourth-order valence-electron chi connectivity index (χ4n) is 3.51. The maximum absolute atomic E-state index is 10.3. The molecule has 1 aromatic carbocycles. The monoisotopic (exact) mass is 359 g/mol. The first-order valence-electron chi connectivity index (χ1n) is 8.42. The Bertz CT molecular complexity index is 768. The van der Waals surface area contributed by atoms with Crippen LogP contribution in [0.25, 0.3) is 0 Å². The number of aliphatic hydroxyl groups is 3. The van der Waals surface area contributed by atoms with E-state index in [1.165, 1.54) is 6.34 Å². The first-order valence-corrected chi connectivity index (χ1v) is 8.42. The van der Waals surface area contributed by atoms with Crippen LogP contribution in [0.3, 0.4) is 0 Å². The van der Waals surface area contributed by atoms with Crippen LogP contribution in [0.5, 0.6) is 0 Å². The minimum atomic E-state index is -1.19. The number of aliphatic hydroxyl groups excluding tert-OH is 3. The van der Waals surface area contributed by atoms with Crippen molar-refractivity contribution in [3.8, 4) is 0 Å². The van der Waals surface area contributed by atoms with Crippen molar-refractivity contribution in [3.05, 3.63) is 35.9 Å². The molecule has 3 aliphatic rings.